The van der Waals surface area contributed by atoms with Gasteiger partial charge < -0.3 is 10.1 Å². The van der Waals surface area contributed by atoms with Gasteiger partial charge in [-0.3, -0.25) is 4.79 Å². The number of nitrogens with one attached hydrogen (secondary N) is 1. The van der Waals surface area contributed by atoms with Gasteiger partial charge in [-0.1, -0.05) is 0 Å². The molecule has 1 fully saturated rings. The number of Topliss-reactive ketones (excluding diaryl/α,β-unsaturated/α-hetero) is 1. The highest BCUT2D eigenvalue weighted by atomic mass is 16.5. The number of benzene rings is 1. The number of ketones is 1. The molecule has 3 heteroatoms. The van der Waals surface area contributed by atoms with Gasteiger partial charge in [-0.25, -0.2) is 0 Å². The molecule has 0 amide bonds. The monoisotopic (exact) mass is 233 g/mol. The minimum absolute atomic E-state index is 0.113. The van der Waals surface area contributed by atoms with E-state index in [-0.39, 0.29) is 17.7 Å². The molecular formula is C14H19NO2. The van der Waals surface area contributed by atoms with Crippen molar-refractivity contribution >= 4 is 5.78 Å². The van der Waals surface area contributed by atoms with Crippen LogP contribution in [0.4, 0.5) is 0 Å². The molecule has 1 aromatic rings. The van der Waals surface area contributed by atoms with E-state index < -0.39 is 0 Å². The van der Waals surface area contributed by atoms with Crippen LogP contribution in [0.15, 0.2) is 18.2 Å². The van der Waals surface area contributed by atoms with E-state index in [9.17, 15) is 4.79 Å². The zero-order valence-corrected chi connectivity index (χ0v) is 10.6. The lowest BCUT2D eigenvalue weighted by Gasteiger charge is -2.15. The molecule has 92 valence electrons. The molecule has 1 aliphatic heterocycles. The number of aryl methyl sites for hydroxylation is 1. The minimum Gasteiger partial charge on any atom is -0.497 e. The molecule has 2 atom stereocenters. The third-order valence-corrected chi connectivity index (χ3v) is 3.56. The van der Waals surface area contributed by atoms with Crippen molar-refractivity contribution in [1.29, 1.82) is 0 Å². The van der Waals surface area contributed by atoms with E-state index in [4.69, 9.17) is 4.74 Å². The van der Waals surface area contributed by atoms with Gasteiger partial charge in [-0.05, 0) is 50.6 Å². The summed E-state index contributed by atoms with van der Waals surface area (Å²) < 4.78 is 5.15. The molecule has 1 N–H and O–H groups in total. The molecule has 3 nitrogen and oxygen atoms in total. The second kappa shape index (κ2) is 4.88. The summed E-state index contributed by atoms with van der Waals surface area (Å²) in [4.78, 5) is 12.4. The summed E-state index contributed by atoms with van der Waals surface area (Å²) in [6.45, 7) is 4.98. The van der Waals surface area contributed by atoms with Crippen LogP contribution in [0.25, 0.3) is 0 Å². The molecule has 0 bridgehead atoms. The van der Waals surface area contributed by atoms with Gasteiger partial charge in [-0.15, -0.1) is 0 Å². The van der Waals surface area contributed by atoms with Crippen molar-refractivity contribution in [2.45, 2.75) is 26.3 Å². The van der Waals surface area contributed by atoms with Gasteiger partial charge in [0.2, 0.25) is 0 Å². The Hall–Kier alpha value is -1.35. The Morgan fingerprint density at radius 2 is 2.24 bits per heavy atom. The maximum atomic E-state index is 12.4. The predicted octanol–water partition coefficient (Wildman–Crippen LogP) is 2.18. The Balaban J connectivity index is 2.25. The average molecular weight is 233 g/mol. The van der Waals surface area contributed by atoms with Crippen molar-refractivity contribution in [1.82, 2.24) is 5.32 Å². The fourth-order valence-corrected chi connectivity index (χ4v) is 2.46. The normalized spacial score (nSPS) is 23.7. The molecule has 17 heavy (non-hydrogen) atoms. The Morgan fingerprint density at radius 3 is 2.76 bits per heavy atom. The summed E-state index contributed by atoms with van der Waals surface area (Å²) in [6.07, 6.45) is 0.936. The summed E-state index contributed by atoms with van der Waals surface area (Å²) in [5.74, 6) is 1.17. The van der Waals surface area contributed by atoms with Crippen molar-refractivity contribution in [3.05, 3.63) is 29.3 Å². The Bertz CT molecular complexity index is 428. The van der Waals surface area contributed by atoms with Gasteiger partial charge in [0.25, 0.3) is 0 Å². The molecule has 0 aliphatic carbocycles. The van der Waals surface area contributed by atoms with Crippen molar-refractivity contribution < 1.29 is 9.53 Å². The highest BCUT2D eigenvalue weighted by Gasteiger charge is 2.30. The zero-order chi connectivity index (χ0) is 12.4. The van der Waals surface area contributed by atoms with Gasteiger partial charge in [0, 0.05) is 17.5 Å². The lowest BCUT2D eigenvalue weighted by atomic mass is 9.90. The second-order valence-electron chi connectivity index (χ2n) is 4.68. The van der Waals surface area contributed by atoms with Crippen molar-refractivity contribution in [3.8, 4) is 5.75 Å². The number of carbonyl (C=O) groups is 1. The maximum absolute atomic E-state index is 12.4. The molecule has 1 heterocycles. The van der Waals surface area contributed by atoms with Gasteiger partial charge in [0.15, 0.2) is 5.78 Å². The van der Waals surface area contributed by atoms with Crippen LogP contribution in [0.1, 0.15) is 29.3 Å². The lowest BCUT2D eigenvalue weighted by molar-refractivity contribution is 0.0913. The number of methoxy groups -OCH3 is 1. The predicted molar refractivity (Wildman–Crippen MR) is 67.6 cm³/mol. The molecule has 1 aromatic carbocycles. The maximum Gasteiger partial charge on any atom is 0.167 e. The molecule has 0 spiro atoms. The van der Waals surface area contributed by atoms with Crippen LogP contribution < -0.4 is 10.1 Å². The molecule has 1 aliphatic rings. The van der Waals surface area contributed by atoms with Crippen molar-refractivity contribution in [2.24, 2.45) is 5.92 Å². The van der Waals surface area contributed by atoms with Crippen LogP contribution in [0.2, 0.25) is 0 Å². The standard InChI is InChI=1S/C14H19NO2/c1-9-8-11(17-3)4-5-12(9)14(16)13-6-7-15-10(13)2/h4-5,8,10,13,15H,6-7H2,1-3H3. The largest absolute Gasteiger partial charge is 0.497 e. The number of hydrogen-bond donors (Lipinski definition) is 1. The number of carbonyl (C=O) groups excluding carboxylic acids is 1. The van der Waals surface area contributed by atoms with Crippen molar-refractivity contribution in [2.75, 3.05) is 13.7 Å². The molecule has 1 saturated heterocycles. The molecule has 0 aromatic heterocycles. The van der Waals surface area contributed by atoms with Crippen molar-refractivity contribution in [3.63, 3.8) is 0 Å². The molecule has 0 saturated carbocycles. The van der Waals surface area contributed by atoms with E-state index in [1.165, 1.54) is 0 Å². The van der Waals surface area contributed by atoms with E-state index in [0.29, 0.717) is 0 Å². The van der Waals surface area contributed by atoms with Gasteiger partial charge in [-0.2, -0.15) is 0 Å². The molecule has 2 unspecified atom stereocenters. The minimum atomic E-state index is 0.113. The zero-order valence-electron chi connectivity index (χ0n) is 10.6. The smallest absolute Gasteiger partial charge is 0.167 e. The van der Waals surface area contributed by atoms with Crippen LogP contribution >= 0.6 is 0 Å². The number of rotatable bonds is 3. The highest BCUT2D eigenvalue weighted by Crippen LogP contribution is 2.24. The van der Waals surface area contributed by atoms with Gasteiger partial charge in [0.05, 0.1) is 7.11 Å². The third-order valence-electron chi connectivity index (χ3n) is 3.56. The van der Waals surface area contributed by atoms with E-state index in [1.807, 2.05) is 25.1 Å². The first kappa shape index (κ1) is 12.1. The van der Waals surface area contributed by atoms with E-state index in [1.54, 1.807) is 7.11 Å². The summed E-state index contributed by atoms with van der Waals surface area (Å²) in [5, 5.41) is 3.32. The van der Waals surface area contributed by atoms with E-state index in [0.717, 1.165) is 29.8 Å². The summed E-state index contributed by atoms with van der Waals surface area (Å²) in [7, 11) is 1.64. The third kappa shape index (κ3) is 2.34. The fraction of sp³-hybridized carbons (Fsp3) is 0.500. The summed E-state index contributed by atoms with van der Waals surface area (Å²) in [5.41, 5.74) is 1.82. The first-order valence-electron chi connectivity index (χ1n) is 6.05. The van der Waals surface area contributed by atoms with E-state index in [2.05, 4.69) is 12.2 Å². The SMILES string of the molecule is COc1ccc(C(=O)C2CCNC2C)c(C)c1. The number of hydrogen-bond acceptors (Lipinski definition) is 3. The summed E-state index contributed by atoms with van der Waals surface area (Å²) >= 11 is 0. The molecule has 2 rings (SSSR count). The summed E-state index contributed by atoms with van der Waals surface area (Å²) in [6, 6.07) is 5.93. The van der Waals surface area contributed by atoms with E-state index >= 15 is 0 Å². The van der Waals surface area contributed by atoms with Crippen LogP contribution in [0.5, 0.6) is 5.75 Å². The van der Waals surface area contributed by atoms with Crippen LogP contribution in [-0.4, -0.2) is 25.5 Å². The van der Waals surface area contributed by atoms with Gasteiger partial charge in [0.1, 0.15) is 5.75 Å². The quantitative estimate of drug-likeness (QED) is 0.813. The van der Waals surface area contributed by atoms with Crippen LogP contribution in [0, 0.1) is 12.8 Å². The fourth-order valence-electron chi connectivity index (χ4n) is 2.46. The topological polar surface area (TPSA) is 38.3 Å². The Morgan fingerprint density at radius 1 is 1.47 bits per heavy atom. The molecule has 0 radical (unpaired) electrons. The highest BCUT2D eigenvalue weighted by molar-refractivity contribution is 5.99. The molecular weight excluding hydrogens is 214 g/mol. The van der Waals surface area contributed by atoms with Gasteiger partial charge >= 0.3 is 0 Å². The number of ether oxygens (including phenoxy) is 1. The Labute approximate surface area is 102 Å². The lowest BCUT2D eigenvalue weighted by Crippen LogP contribution is -2.28. The Kier molecular flexibility index (Phi) is 3.48. The van der Waals surface area contributed by atoms with Crippen LogP contribution in [0.3, 0.4) is 0 Å². The van der Waals surface area contributed by atoms with Crippen LogP contribution in [-0.2, 0) is 0 Å². The first-order valence-corrected chi connectivity index (χ1v) is 6.05. The average Bonchev–Trinajstić information content (AvgIpc) is 2.74. The second-order valence-corrected chi connectivity index (χ2v) is 4.68. The first-order chi connectivity index (χ1) is 8.13.